The lowest BCUT2D eigenvalue weighted by Gasteiger charge is -2.30. The molecule has 0 saturated heterocycles. The SMILES string of the molecule is CC(C)C[C@H](NC(=O)[C@H](Cc1ccccc1)C[C@@H](O)C(Cc1ccccc1)NC(=O)OC(C)(C)C)C(=O)N[C@@H](Cc1ccccc1)C(N)=O. The summed E-state index contributed by atoms with van der Waals surface area (Å²) in [5.41, 5.74) is 7.51. The van der Waals surface area contributed by atoms with Gasteiger partial charge in [-0.1, -0.05) is 105 Å². The lowest BCUT2D eigenvalue weighted by Crippen LogP contribution is -2.55. The van der Waals surface area contributed by atoms with Crippen LogP contribution in [-0.4, -0.2) is 58.8 Å². The third-order valence-corrected chi connectivity index (χ3v) is 7.97. The van der Waals surface area contributed by atoms with Crippen LogP contribution in [0.1, 0.15) is 64.2 Å². The van der Waals surface area contributed by atoms with Crippen molar-refractivity contribution >= 4 is 23.8 Å². The number of nitrogens with two attached hydrogens (primary N) is 1. The predicted octanol–water partition coefficient (Wildman–Crippen LogP) is 4.48. The molecule has 10 heteroatoms. The fourth-order valence-corrected chi connectivity index (χ4v) is 5.59. The molecule has 5 atom stereocenters. The van der Waals surface area contributed by atoms with Gasteiger partial charge >= 0.3 is 6.09 Å². The number of hydrogen-bond acceptors (Lipinski definition) is 6. The van der Waals surface area contributed by atoms with E-state index in [4.69, 9.17) is 10.5 Å². The van der Waals surface area contributed by atoms with E-state index in [1.807, 2.05) is 105 Å². The average molecular weight is 673 g/mol. The highest BCUT2D eigenvalue weighted by Crippen LogP contribution is 2.20. The summed E-state index contributed by atoms with van der Waals surface area (Å²) >= 11 is 0. The third-order valence-electron chi connectivity index (χ3n) is 7.97. The second-order valence-corrected chi connectivity index (χ2v) is 14.0. The van der Waals surface area contributed by atoms with E-state index in [0.29, 0.717) is 12.8 Å². The molecule has 49 heavy (non-hydrogen) atoms. The topological polar surface area (TPSA) is 160 Å². The van der Waals surface area contributed by atoms with Gasteiger partial charge < -0.3 is 31.5 Å². The number of amides is 4. The van der Waals surface area contributed by atoms with Gasteiger partial charge in [-0.3, -0.25) is 14.4 Å². The van der Waals surface area contributed by atoms with Crippen LogP contribution in [0.2, 0.25) is 0 Å². The number of hydrogen-bond donors (Lipinski definition) is 5. The van der Waals surface area contributed by atoms with Crippen molar-refractivity contribution in [3.05, 3.63) is 108 Å². The maximum atomic E-state index is 14.1. The van der Waals surface area contributed by atoms with E-state index in [-0.39, 0.29) is 25.2 Å². The molecule has 0 bridgehead atoms. The van der Waals surface area contributed by atoms with Gasteiger partial charge in [-0.05, 0) is 69.1 Å². The molecular formula is C39H52N4O6. The summed E-state index contributed by atoms with van der Waals surface area (Å²) in [6.07, 6.45) is -0.731. The highest BCUT2D eigenvalue weighted by Gasteiger charge is 2.33. The van der Waals surface area contributed by atoms with Gasteiger partial charge in [-0.15, -0.1) is 0 Å². The Balaban J connectivity index is 1.85. The van der Waals surface area contributed by atoms with Crippen LogP contribution in [0.4, 0.5) is 4.79 Å². The number of nitrogens with one attached hydrogen (secondary N) is 3. The van der Waals surface area contributed by atoms with Crippen LogP contribution in [0.3, 0.4) is 0 Å². The maximum Gasteiger partial charge on any atom is 0.407 e. The van der Waals surface area contributed by atoms with E-state index in [1.165, 1.54) is 0 Å². The number of ether oxygens (including phenoxy) is 1. The second-order valence-electron chi connectivity index (χ2n) is 14.0. The van der Waals surface area contributed by atoms with Crippen molar-refractivity contribution in [2.45, 2.75) is 96.6 Å². The normalized spacial score (nSPS) is 14.5. The Morgan fingerprint density at radius 1 is 0.673 bits per heavy atom. The lowest BCUT2D eigenvalue weighted by atomic mass is 9.88. The first-order chi connectivity index (χ1) is 23.2. The number of aliphatic hydroxyl groups excluding tert-OH is 1. The van der Waals surface area contributed by atoms with Crippen LogP contribution < -0.4 is 21.7 Å². The van der Waals surface area contributed by atoms with Crippen molar-refractivity contribution < 1.29 is 29.0 Å². The molecule has 0 aliphatic rings. The van der Waals surface area contributed by atoms with Crippen LogP contribution in [0.15, 0.2) is 91.0 Å². The molecule has 0 aliphatic carbocycles. The number of aliphatic hydroxyl groups is 1. The molecule has 3 aromatic carbocycles. The summed E-state index contributed by atoms with van der Waals surface area (Å²) in [6.45, 7) is 9.14. The summed E-state index contributed by atoms with van der Waals surface area (Å²) in [6, 6.07) is 25.4. The molecule has 3 aromatic rings. The van der Waals surface area contributed by atoms with Crippen LogP contribution >= 0.6 is 0 Å². The Labute approximate surface area is 290 Å². The molecule has 0 radical (unpaired) electrons. The summed E-state index contributed by atoms with van der Waals surface area (Å²) in [4.78, 5) is 52.9. The molecule has 0 aliphatic heterocycles. The minimum atomic E-state index is -1.14. The van der Waals surface area contributed by atoms with Gasteiger partial charge in [-0.2, -0.15) is 0 Å². The zero-order valence-corrected chi connectivity index (χ0v) is 29.2. The third kappa shape index (κ3) is 14.1. The molecule has 264 valence electrons. The Kier molecular flexibility index (Phi) is 14.8. The van der Waals surface area contributed by atoms with Crippen LogP contribution in [-0.2, 0) is 38.4 Å². The highest BCUT2D eigenvalue weighted by molar-refractivity contribution is 5.92. The summed E-state index contributed by atoms with van der Waals surface area (Å²) in [7, 11) is 0. The molecule has 6 N–H and O–H groups in total. The van der Waals surface area contributed by atoms with Gasteiger partial charge in [0.05, 0.1) is 12.1 Å². The van der Waals surface area contributed by atoms with E-state index in [9.17, 15) is 24.3 Å². The van der Waals surface area contributed by atoms with E-state index < -0.39 is 59.6 Å². The van der Waals surface area contributed by atoms with E-state index in [1.54, 1.807) is 20.8 Å². The first-order valence-electron chi connectivity index (χ1n) is 16.9. The lowest BCUT2D eigenvalue weighted by molar-refractivity contribution is -0.133. The van der Waals surface area contributed by atoms with Crippen molar-refractivity contribution in [2.75, 3.05) is 0 Å². The molecule has 0 saturated carbocycles. The zero-order chi connectivity index (χ0) is 36.0. The maximum absolute atomic E-state index is 14.1. The number of alkyl carbamates (subject to hydrolysis) is 1. The molecule has 10 nitrogen and oxygen atoms in total. The van der Waals surface area contributed by atoms with Gasteiger partial charge in [0.2, 0.25) is 17.7 Å². The molecule has 3 rings (SSSR count). The summed E-state index contributed by atoms with van der Waals surface area (Å²) in [5, 5.41) is 20.1. The summed E-state index contributed by atoms with van der Waals surface area (Å²) < 4.78 is 5.49. The smallest absolute Gasteiger partial charge is 0.407 e. The fraction of sp³-hybridized carbons (Fsp3) is 0.436. The molecule has 4 amide bonds. The Morgan fingerprint density at radius 2 is 1.14 bits per heavy atom. The molecule has 1 unspecified atom stereocenters. The van der Waals surface area contributed by atoms with Gasteiger partial charge in [0.15, 0.2) is 0 Å². The van der Waals surface area contributed by atoms with Gasteiger partial charge in [0.25, 0.3) is 0 Å². The molecular weight excluding hydrogens is 620 g/mol. The quantitative estimate of drug-likeness (QED) is 0.142. The number of carbonyl (C=O) groups is 4. The van der Waals surface area contributed by atoms with Gasteiger partial charge in [0, 0.05) is 12.3 Å². The first kappa shape index (κ1) is 38.7. The molecule has 0 heterocycles. The van der Waals surface area contributed by atoms with Gasteiger partial charge in [0.1, 0.15) is 17.7 Å². The summed E-state index contributed by atoms with van der Waals surface area (Å²) in [5.74, 6) is -2.37. The monoisotopic (exact) mass is 672 g/mol. The standard InChI is InChI=1S/C39H52N4O6/c1-26(2)21-33(37(47)41-32(35(40)45)24-29-19-13-8-14-20-29)42-36(46)30(22-27-15-9-6-10-16-27)25-34(44)31(23-28-17-11-7-12-18-28)43-38(48)49-39(3,4)5/h6-20,26,30-34,44H,21-25H2,1-5H3,(H2,40,45)(H,41,47)(H,42,46)(H,43,48)/t30-,31?,32+,33+,34-/m1/s1. The van der Waals surface area contributed by atoms with Gasteiger partial charge in [-0.25, -0.2) is 4.79 Å². The van der Waals surface area contributed by atoms with Crippen LogP contribution in [0, 0.1) is 11.8 Å². The Hall–Kier alpha value is -4.70. The number of rotatable bonds is 17. The molecule has 0 fully saturated rings. The number of carbonyl (C=O) groups excluding carboxylic acids is 4. The molecule has 0 aromatic heterocycles. The van der Waals surface area contributed by atoms with E-state index in [0.717, 1.165) is 16.7 Å². The Bertz CT molecular complexity index is 1480. The Morgan fingerprint density at radius 3 is 1.61 bits per heavy atom. The van der Waals surface area contributed by atoms with Crippen molar-refractivity contribution in [2.24, 2.45) is 17.6 Å². The van der Waals surface area contributed by atoms with Crippen molar-refractivity contribution in [1.82, 2.24) is 16.0 Å². The average Bonchev–Trinajstić information content (AvgIpc) is 3.03. The minimum absolute atomic E-state index is 0.0119. The first-order valence-corrected chi connectivity index (χ1v) is 16.9. The fourth-order valence-electron chi connectivity index (χ4n) is 5.59. The van der Waals surface area contributed by atoms with E-state index >= 15 is 0 Å². The van der Waals surface area contributed by atoms with Crippen LogP contribution in [0.25, 0.3) is 0 Å². The largest absolute Gasteiger partial charge is 0.444 e. The second kappa shape index (κ2) is 18.7. The number of primary amides is 1. The molecule has 0 spiro atoms. The number of benzene rings is 3. The van der Waals surface area contributed by atoms with Crippen LogP contribution in [0.5, 0.6) is 0 Å². The zero-order valence-electron chi connectivity index (χ0n) is 29.2. The van der Waals surface area contributed by atoms with Crippen molar-refractivity contribution in [1.29, 1.82) is 0 Å². The van der Waals surface area contributed by atoms with Crippen molar-refractivity contribution in [3.63, 3.8) is 0 Å². The van der Waals surface area contributed by atoms with E-state index in [2.05, 4.69) is 16.0 Å². The predicted molar refractivity (Wildman–Crippen MR) is 190 cm³/mol. The highest BCUT2D eigenvalue weighted by atomic mass is 16.6. The minimum Gasteiger partial charge on any atom is -0.444 e. The van der Waals surface area contributed by atoms with Crippen molar-refractivity contribution in [3.8, 4) is 0 Å².